The van der Waals surface area contributed by atoms with Crippen molar-refractivity contribution in [3.63, 3.8) is 0 Å². The first-order valence-electron chi connectivity index (χ1n) is 2.54. The van der Waals surface area contributed by atoms with Gasteiger partial charge in [0.2, 0.25) is 0 Å². The Balaban J connectivity index is 2.80. The molecule has 1 fully saturated rings. The molecule has 0 aromatic rings. The predicted molar refractivity (Wildman–Crippen MR) is 28.8 cm³/mol. The van der Waals surface area contributed by atoms with Gasteiger partial charge in [0.15, 0.2) is 5.57 Å². The molecule has 1 aliphatic rings. The highest BCUT2D eigenvalue weighted by Gasteiger charge is 2.15. The summed E-state index contributed by atoms with van der Waals surface area (Å²) in [5.74, 6) is 0.542. The van der Waals surface area contributed by atoms with Crippen LogP contribution in [0.15, 0.2) is 11.3 Å². The summed E-state index contributed by atoms with van der Waals surface area (Å²) in [6, 6.07) is 3.49. The fourth-order valence-electron chi connectivity index (χ4n) is 0.551. The molecule has 0 unspecified atom stereocenters. The topological polar surface area (TPSA) is 56.8 Å². The summed E-state index contributed by atoms with van der Waals surface area (Å²) in [4.78, 5) is 0. The fraction of sp³-hybridized carbons (Fsp3) is 0.333. The molecule has 1 rings (SSSR count). The first kappa shape index (κ1) is 5.65. The van der Waals surface area contributed by atoms with E-state index < -0.39 is 0 Å². The predicted octanol–water partition coefficient (Wildman–Crippen LogP) is 0.708. The van der Waals surface area contributed by atoms with Crippen molar-refractivity contribution in [3.05, 3.63) is 11.3 Å². The summed E-state index contributed by atoms with van der Waals surface area (Å²) in [5.41, 5.74) is 0.112. The van der Waals surface area contributed by atoms with Crippen LogP contribution in [0.4, 0.5) is 0 Å². The van der Waals surface area contributed by atoms with E-state index in [9.17, 15) is 0 Å². The Morgan fingerprint density at radius 1 is 1.44 bits per heavy atom. The van der Waals surface area contributed by atoms with E-state index in [0.717, 1.165) is 6.42 Å². The van der Waals surface area contributed by atoms with Crippen LogP contribution in [0.3, 0.4) is 0 Å². The maximum absolute atomic E-state index is 8.25. The molecule has 1 heterocycles. The van der Waals surface area contributed by atoms with Gasteiger partial charge in [0.05, 0.1) is 6.61 Å². The maximum atomic E-state index is 8.25. The monoisotopic (exact) mass is 120 g/mol. The third kappa shape index (κ3) is 0.850. The van der Waals surface area contributed by atoms with Crippen LogP contribution in [-0.2, 0) is 4.74 Å². The first-order valence-corrected chi connectivity index (χ1v) is 2.54. The van der Waals surface area contributed by atoms with Gasteiger partial charge in [0.25, 0.3) is 0 Å². The Hall–Kier alpha value is -1.48. The molecule has 44 valence electrons. The zero-order valence-electron chi connectivity index (χ0n) is 4.72. The largest absolute Gasteiger partial charge is 0.495 e. The minimum absolute atomic E-state index is 0.112. The SMILES string of the molecule is N#CC(C#N)=C1CCO1. The van der Waals surface area contributed by atoms with Gasteiger partial charge >= 0.3 is 0 Å². The van der Waals surface area contributed by atoms with E-state index >= 15 is 0 Å². The molecule has 0 N–H and O–H groups in total. The van der Waals surface area contributed by atoms with Crippen LogP contribution in [0.5, 0.6) is 0 Å². The average molecular weight is 120 g/mol. The Morgan fingerprint density at radius 3 is 2.11 bits per heavy atom. The summed E-state index contributed by atoms with van der Waals surface area (Å²) in [5, 5.41) is 16.5. The second-order valence-corrected chi connectivity index (χ2v) is 1.62. The Bertz CT molecular complexity index is 206. The molecule has 0 aliphatic carbocycles. The van der Waals surface area contributed by atoms with Gasteiger partial charge in [-0.25, -0.2) is 0 Å². The van der Waals surface area contributed by atoms with Crippen LogP contribution in [0, 0.1) is 22.7 Å². The Labute approximate surface area is 52.8 Å². The molecule has 0 bridgehead atoms. The van der Waals surface area contributed by atoms with E-state index in [-0.39, 0.29) is 5.57 Å². The number of rotatable bonds is 0. The van der Waals surface area contributed by atoms with E-state index in [1.807, 2.05) is 0 Å². The van der Waals surface area contributed by atoms with Crippen LogP contribution in [-0.4, -0.2) is 6.61 Å². The average Bonchev–Trinajstić information content (AvgIpc) is 1.78. The molecule has 3 nitrogen and oxygen atoms in total. The zero-order chi connectivity index (χ0) is 6.69. The highest BCUT2D eigenvalue weighted by Crippen LogP contribution is 2.18. The van der Waals surface area contributed by atoms with Gasteiger partial charge in [0, 0.05) is 6.42 Å². The number of allylic oxidation sites excluding steroid dienone is 1. The maximum Gasteiger partial charge on any atom is 0.167 e. The molecule has 1 aliphatic heterocycles. The zero-order valence-corrected chi connectivity index (χ0v) is 4.72. The minimum Gasteiger partial charge on any atom is -0.495 e. The minimum atomic E-state index is 0.112. The molecule has 0 aromatic carbocycles. The van der Waals surface area contributed by atoms with Crippen molar-refractivity contribution in [3.8, 4) is 12.1 Å². The first-order chi connectivity index (χ1) is 4.38. The van der Waals surface area contributed by atoms with Gasteiger partial charge in [-0.05, 0) is 0 Å². The smallest absolute Gasteiger partial charge is 0.167 e. The molecular formula is C6H4N2O. The molecular weight excluding hydrogens is 116 g/mol. The van der Waals surface area contributed by atoms with E-state index in [2.05, 4.69) is 0 Å². The Kier molecular flexibility index (Phi) is 1.38. The molecule has 9 heavy (non-hydrogen) atoms. The molecule has 0 saturated carbocycles. The normalized spacial score (nSPS) is 14.2. The van der Waals surface area contributed by atoms with Gasteiger partial charge in [-0.15, -0.1) is 0 Å². The number of hydrogen-bond acceptors (Lipinski definition) is 3. The molecule has 1 saturated heterocycles. The van der Waals surface area contributed by atoms with Crippen molar-refractivity contribution >= 4 is 0 Å². The van der Waals surface area contributed by atoms with Crippen molar-refractivity contribution < 1.29 is 4.74 Å². The van der Waals surface area contributed by atoms with Gasteiger partial charge in [-0.2, -0.15) is 10.5 Å². The molecule has 0 aromatic heterocycles. The van der Waals surface area contributed by atoms with Gasteiger partial charge in [-0.3, -0.25) is 0 Å². The van der Waals surface area contributed by atoms with Crippen LogP contribution in [0.2, 0.25) is 0 Å². The number of nitrogens with zero attached hydrogens (tertiary/aromatic N) is 2. The van der Waals surface area contributed by atoms with Crippen molar-refractivity contribution in [2.45, 2.75) is 6.42 Å². The highest BCUT2D eigenvalue weighted by atomic mass is 16.5. The highest BCUT2D eigenvalue weighted by molar-refractivity contribution is 5.39. The standard InChI is InChI=1S/C6H4N2O/c7-3-5(4-8)6-1-2-9-6/h1-2H2. The fourth-order valence-corrected chi connectivity index (χ4v) is 0.551. The van der Waals surface area contributed by atoms with Gasteiger partial charge in [0.1, 0.15) is 17.9 Å². The van der Waals surface area contributed by atoms with E-state index in [1.165, 1.54) is 0 Å². The third-order valence-corrected chi connectivity index (χ3v) is 1.11. The summed E-state index contributed by atoms with van der Waals surface area (Å²) in [6.07, 6.45) is 0.733. The lowest BCUT2D eigenvalue weighted by molar-refractivity contribution is 0.116. The molecule has 3 heteroatoms. The molecule has 0 atom stereocenters. The third-order valence-electron chi connectivity index (χ3n) is 1.11. The van der Waals surface area contributed by atoms with Gasteiger partial charge < -0.3 is 4.74 Å². The van der Waals surface area contributed by atoms with Crippen LogP contribution in [0.25, 0.3) is 0 Å². The second-order valence-electron chi connectivity index (χ2n) is 1.62. The molecule has 0 spiro atoms. The van der Waals surface area contributed by atoms with Crippen LogP contribution in [0.1, 0.15) is 6.42 Å². The summed E-state index contributed by atoms with van der Waals surface area (Å²) in [7, 11) is 0. The second kappa shape index (κ2) is 2.19. The van der Waals surface area contributed by atoms with E-state index in [1.54, 1.807) is 12.1 Å². The summed E-state index contributed by atoms with van der Waals surface area (Å²) in [6.45, 7) is 0.641. The van der Waals surface area contributed by atoms with E-state index in [0.29, 0.717) is 12.4 Å². The summed E-state index contributed by atoms with van der Waals surface area (Å²) < 4.78 is 4.81. The molecule has 0 amide bonds. The number of hydrogen-bond donors (Lipinski definition) is 0. The lowest BCUT2D eigenvalue weighted by Gasteiger charge is -2.17. The Morgan fingerprint density at radius 2 is 2.00 bits per heavy atom. The van der Waals surface area contributed by atoms with Crippen molar-refractivity contribution in [2.24, 2.45) is 0 Å². The number of nitriles is 2. The van der Waals surface area contributed by atoms with Crippen LogP contribution < -0.4 is 0 Å². The lowest BCUT2D eigenvalue weighted by atomic mass is 10.2. The van der Waals surface area contributed by atoms with Gasteiger partial charge in [-0.1, -0.05) is 0 Å². The quantitative estimate of drug-likeness (QED) is 0.442. The van der Waals surface area contributed by atoms with Crippen molar-refractivity contribution in [2.75, 3.05) is 6.61 Å². The molecule has 0 radical (unpaired) electrons. The van der Waals surface area contributed by atoms with Crippen LogP contribution >= 0.6 is 0 Å². The lowest BCUT2D eigenvalue weighted by Crippen LogP contribution is -2.10. The van der Waals surface area contributed by atoms with Crippen molar-refractivity contribution in [1.82, 2.24) is 0 Å². The summed E-state index contributed by atoms with van der Waals surface area (Å²) >= 11 is 0. The van der Waals surface area contributed by atoms with E-state index in [4.69, 9.17) is 15.3 Å². The van der Waals surface area contributed by atoms with Crippen molar-refractivity contribution in [1.29, 1.82) is 10.5 Å². The number of ether oxygens (including phenoxy) is 1.